The van der Waals surface area contributed by atoms with Gasteiger partial charge in [-0.1, -0.05) is 35.9 Å². The quantitative estimate of drug-likeness (QED) is 0.490. The van der Waals surface area contributed by atoms with Gasteiger partial charge in [0.15, 0.2) is 0 Å². The third-order valence-electron chi connectivity index (χ3n) is 3.66. The number of benzene rings is 3. The molecule has 0 saturated heterocycles. The summed E-state index contributed by atoms with van der Waals surface area (Å²) in [6.07, 6.45) is 1.53. The first kappa shape index (κ1) is 18.6. The van der Waals surface area contributed by atoms with E-state index in [0.717, 1.165) is 11.1 Å². The van der Waals surface area contributed by atoms with Gasteiger partial charge in [0.05, 0.1) is 6.21 Å². The molecule has 6 heteroatoms. The number of hydrazone groups is 1. The van der Waals surface area contributed by atoms with Crippen LogP contribution in [0.15, 0.2) is 77.9 Å². The molecule has 0 saturated carbocycles. The standard InChI is InChI=1S/C21H16ClFN2O2/c22-18-8-6-17(7-9-18)21(26)25-24-13-16-2-1-3-20(12-16)27-14-15-4-10-19(23)11-5-15/h1-13H,14H2,(H,25,26)/b24-13-. The van der Waals surface area contributed by atoms with Crippen LogP contribution in [0.4, 0.5) is 4.39 Å². The van der Waals surface area contributed by atoms with E-state index >= 15 is 0 Å². The van der Waals surface area contributed by atoms with Crippen molar-refractivity contribution >= 4 is 23.7 Å². The van der Waals surface area contributed by atoms with Gasteiger partial charge in [-0.15, -0.1) is 0 Å². The minimum atomic E-state index is -0.327. The van der Waals surface area contributed by atoms with Crippen molar-refractivity contribution in [3.05, 3.63) is 100 Å². The summed E-state index contributed by atoms with van der Waals surface area (Å²) in [6.45, 7) is 0.328. The lowest BCUT2D eigenvalue weighted by Gasteiger charge is -2.07. The maximum Gasteiger partial charge on any atom is 0.271 e. The zero-order valence-electron chi connectivity index (χ0n) is 14.2. The van der Waals surface area contributed by atoms with Crippen LogP contribution in [0.1, 0.15) is 21.5 Å². The Morgan fingerprint density at radius 3 is 2.56 bits per heavy atom. The predicted octanol–water partition coefficient (Wildman–Crippen LogP) is 4.82. The molecule has 3 aromatic rings. The molecule has 0 spiro atoms. The Morgan fingerprint density at radius 1 is 1.07 bits per heavy atom. The van der Waals surface area contributed by atoms with Gasteiger partial charge >= 0.3 is 0 Å². The molecule has 0 radical (unpaired) electrons. The maximum atomic E-state index is 12.9. The molecule has 0 aliphatic rings. The predicted molar refractivity (Wildman–Crippen MR) is 104 cm³/mol. The lowest BCUT2D eigenvalue weighted by atomic mass is 10.2. The first-order valence-corrected chi connectivity index (χ1v) is 8.54. The Labute approximate surface area is 161 Å². The Bertz CT molecular complexity index is 941. The van der Waals surface area contributed by atoms with Gasteiger partial charge in [-0.2, -0.15) is 5.10 Å². The van der Waals surface area contributed by atoms with Crippen molar-refractivity contribution in [3.8, 4) is 5.75 Å². The van der Waals surface area contributed by atoms with Crippen LogP contribution in [0.2, 0.25) is 5.02 Å². The van der Waals surface area contributed by atoms with Gasteiger partial charge in [0.25, 0.3) is 5.91 Å². The first-order chi connectivity index (χ1) is 13.1. The second-order valence-corrected chi connectivity index (χ2v) is 6.13. The SMILES string of the molecule is O=C(N/N=C\c1cccc(OCc2ccc(F)cc2)c1)c1ccc(Cl)cc1. The highest BCUT2D eigenvalue weighted by Gasteiger charge is 2.03. The number of halogens is 2. The van der Waals surface area contributed by atoms with Gasteiger partial charge < -0.3 is 4.74 Å². The summed E-state index contributed by atoms with van der Waals surface area (Å²) in [4.78, 5) is 12.0. The molecule has 0 bridgehead atoms. The number of nitrogens with zero attached hydrogens (tertiary/aromatic N) is 1. The summed E-state index contributed by atoms with van der Waals surface area (Å²) in [5.74, 6) is 0.0385. The van der Waals surface area contributed by atoms with E-state index in [0.29, 0.717) is 22.9 Å². The van der Waals surface area contributed by atoms with E-state index < -0.39 is 0 Å². The Morgan fingerprint density at radius 2 is 1.81 bits per heavy atom. The summed E-state index contributed by atoms with van der Waals surface area (Å²) in [5.41, 5.74) is 4.56. The molecule has 1 N–H and O–H groups in total. The minimum Gasteiger partial charge on any atom is -0.489 e. The van der Waals surface area contributed by atoms with Gasteiger partial charge in [0.1, 0.15) is 18.2 Å². The fourth-order valence-corrected chi connectivity index (χ4v) is 2.39. The van der Waals surface area contributed by atoms with Gasteiger partial charge in [0, 0.05) is 10.6 Å². The molecule has 3 aromatic carbocycles. The number of nitrogens with one attached hydrogen (secondary N) is 1. The average molecular weight is 383 g/mol. The number of carbonyl (C=O) groups is 1. The minimum absolute atomic E-state index is 0.280. The van der Waals surface area contributed by atoms with E-state index in [1.807, 2.05) is 18.2 Å². The average Bonchev–Trinajstić information content (AvgIpc) is 2.68. The highest BCUT2D eigenvalue weighted by Crippen LogP contribution is 2.15. The number of carbonyl (C=O) groups excluding carboxylic acids is 1. The van der Waals surface area contributed by atoms with E-state index in [2.05, 4.69) is 10.5 Å². The fourth-order valence-electron chi connectivity index (χ4n) is 2.26. The lowest BCUT2D eigenvalue weighted by molar-refractivity contribution is 0.0955. The smallest absolute Gasteiger partial charge is 0.271 e. The van der Waals surface area contributed by atoms with Crippen LogP contribution in [-0.4, -0.2) is 12.1 Å². The Balaban J connectivity index is 1.56. The number of amides is 1. The molecule has 0 aliphatic carbocycles. The summed E-state index contributed by atoms with van der Waals surface area (Å²) in [7, 11) is 0. The van der Waals surface area contributed by atoms with Crippen molar-refractivity contribution in [2.45, 2.75) is 6.61 Å². The molecule has 0 heterocycles. The van der Waals surface area contributed by atoms with Crippen molar-refractivity contribution in [1.29, 1.82) is 0 Å². The number of hydrogen-bond donors (Lipinski definition) is 1. The molecule has 4 nitrogen and oxygen atoms in total. The molecule has 0 fully saturated rings. The van der Waals surface area contributed by atoms with Crippen molar-refractivity contribution in [1.82, 2.24) is 5.43 Å². The number of hydrogen-bond acceptors (Lipinski definition) is 3. The highest BCUT2D eigenvalue weighted by atomic mass is 35.5. The fraction of sp³-hybridized carbons (Fsp3) is 0.0476. The molecule has 0 atom stereocenters. The zero-order chi connectivity index (χ0) is 19.1. The molecule has 0 aromatic heterocycles. The number of ether oxygens (including phenoxy) is 1. The zero-order valence-corrected chi connectivity index (χ0v) is 15.0. The highest BCUT2D eigenvalue weighted by molar-refractivity contribution is 6.30. The summed E-state index contributed by atoms with van der Waals surface area (Å²) in [5, 5.41) is 4.52. The van der Waals surface area contributed by atoms with Crippen molar-refractivity contribution in [3.63, 3.8) is 0 Å². The molecular formula is C21H16ClFN2O2. The third kappa shape index (κ3) is 5.66. The monoisotopic (exact) mass is 382 g/mol. The molecule has 136 valence electrons. The summed E-state index contributed by atoms with van der Waals surface area (Å²) < 4.78 is 18.6. The van der Waals surface area contributed by atoms with E-state index in [4.69, 9.17) is 16.3 Å². The maximum absolute atomic E-state index is 12.9. The van der Waals surface area contributed by atoms with E-state index in [1.54, 1.807) is 42.5 Å². The van der Waals surface area contributed by atoms with Gasteiger partial charge in [-0.3, -0.25) is 4.79 Å². The van der Waals surface area contributed by atoms with Crippen LogP contribution < -0.4 is 10.2 Å². The summed E-state index contributed by atoms with van der Waals surface area (Å²) >= 11 is 5.80. The second-order valence-electron chi connectivity index (χ2n) is 5.69. The van der Waals surface area contributed by atoms with Crippen LogP contribution in [0, 0.1) is 5.82 Å². The van der Waals surface area contributed by atoms with Crippen molar-refractivity contribution in [2.75, 3.05) is 0 Å². The topological polar surface area (TPSA) is 50.7 Å². The molecule has 1 amide bonds. The van der Waals surface area contributed by atoms with E-state index in [1.165, 1.54) is 18.3 Å². The van der Waals surface area contributed by atoms with Crippen LogP contribution in [-0.2, 0) is 6.61 Å². The third-order valence-corrected chi connectivity index (χ3v) is 3.91. The van der Waals surface area contributed by atoms with Crippen LogP contribution >= 0.6 is 11.6 Å². The first-order valence-electron chi connectivity index (χ1n) is 8.16. The van der Waals surface area contributed by atoms with Crippen LogP contribution in [0.25, 0.3) is 0 Å². The molecule has 0 unspecified atom stereocenters. The van der Waals surface area contributed by atoms with E-state index in [9.17, 15) is 9.18 Å². The van der Waals surface area contributed by atoms with Gasteiger partial charge in [-0.05, 0) is 59.7 Å². The van der Waals surface area contributed by atoms with Crippen LogP contribution in [0.3, 0.4) is 0 Å². The summed E-state index contributed by atoms with van der Waals surface area (Å²) in [6, 6.07) is 19.9. The molecule has 3 rings (SSSR count). The molecular weight excluding hydrogens is 367 g/mol. The van der Waals surface area contributed by atoms with Gasteiger partial charge in [0.2, 0.25) is 0 Å². The molecule has 0 aliphatic heterocycles. The number of rotatable bonds is 6. The van der Waals surface area contributed by atoms with Crippen molar-refractivity contribution in [2.24, 2.45) is 5.10 Å². The molecule has 27 heavy (non-hydrogen) atoms. The van der Waals surface area contributed by atoms with Gasteiger partial charge in [-0.25, -0.2) is 9.82 Å². The second kappa shape index (κ2) is 8.96. The van der Waals surface area contributed by atoms with Crippen molar-refractivity contribution < 1.29 is 13.9 Å². The normalized spacial score (nSPS) is 10.7. The van der Waals surface area contributed by atoms with E-state index in [-0.39, 0.29) is 11.7 Å². The van der Waals surface area contributed by atoms with Crippen LogP contribution in [0.5, 0.6) is 5.75 Å². The largest absolute Gasteiger partial charge is 0.489 e. The Kier molecular flexibility index (Phi) is 6.18. The lowest BCUT2D eigenvalue weighted by Crippen LogP contribution is -2.17. The Hall–Kier alpha value is -3.18.